The zero-order chi connectivity index (χ0) is 20.0. The third-order valence-corrected chi connectivity index (χ3v) is 3.84. The van der Waals surface area contributed by atoms with Gasteiger partial charge in [0.05, 0.1) is 24.3 Å². The Hall–Kier alpha value is -3.33. The van der Waals surface area contributed by atoms with E-state index in [4.69, 9.17) is 21.1 Å². The van der Waals surface area contributed by atoms with Gasteiger partial charge in [0.1, 0.15) is 5.75 Å². The van der Waals surface area contributed by atoms with Crippen molar-refractivity contribution in [3.8, 4) is 17.2 Å². The SMILES string of the molecule is COc1cc([N+](=O)[O-])cc(/C=N/NC(=O)COc2ccc(Cl)c(C)c2)c1O. The number of phenolic OH excluding ortho intramolecular Hbond substituents is 1. The van der Waals surface area contributed by atoms with Crippen molar-refractivity contribution in [2.45, 2.75) is 6.92 Å². The number of amides is 1. The number of nitro groups is 1. The maximum absolute atomic E-state index is 11.8. The fraction of sp³-hybridized carbons (Fsp3) is 0.176. The zero-order valence-corrected chi connectivity index (χ0v) is 15.2. The van der Waals surface area contributed by atoms with Gasteiger partial charge in [0.25, 0.3) is 11.6 Å². The molecule has 0 fully saturated rings. The number of aromatic hydroxyl groups is 1. The summed E-state index contributed by atoms with van der Waals surface area (Å²) >= 11 is 5.91. The Kier molecular flexibility index (Phi) is 6.56. The molecule has 2 N–H and O–H groups in total. The van der Waals surface area contributed by atoms with Crippen molar-refractivity contribution < 1.29 is 24.3 Å². The van der Waals surface area contributed by atoms with E-state index < -0.39 is 10.8 Å². The topological polar surface area (TPSA) is 123 Å². The van der Waals surface area contributed by atoms with E-state index in [1.807, 2.05) is 0 Å². The van der Waals surface area contributed by atoms with Crippen LogP contribution in [0.25, 0.3) is 0 Å². The van der Waals surface area contributed by atoms with Crippen LogP contribution in [0.5, 0.6) is 17.2 Å². The van der Waals surface area contributed by atoms with Crippen LogP contribution in [-0.4, -0.2) is 35.9 Å². The van der Waals surface area contributed by atoms with E-state index in [9.17, 15) is 20.0 Å². The Labute approximate surface area is 159 Å². The number of phenols is 1. The first-order valence-corrected chi connectivity index (χ1v) is 7.96. The summed E-state index contributed by atoms with van der Waals surface area (Å²) < 4.78 is 10.2. The predicted octanol–water partition coefficient (Wildman–Crippen LogP) is 2.80. The summed E-state index contributed by atoms with van der Waals surface area (Å²) in [4.78, 5) is 22.0. The summed E-state index contributed by atoms with van der Waals surface area (Å²) in [5.74, 6) is -0.514. The highest BCUT2D eigenvalue weighted by molar-refractivity contribution is 6.31. The quantitative estimate of drug-likeness (QED) is 0.423. The monoisotopic (exact) mass is 393 g/mol. The molecule has 0 aliphatic carbocycles. The van der Waals surface area contributed by atoms with E-state index in [0.29, 0.717) is 10.8 Å². The molecule has 0 aliphatic rings. The molecule has 2 aromatic carbocycles. The number of aryl methyl sites for hydroxylation is 1. The van der Waals surface area contributed by atoms with Gasteiger partial charge >= 0.3 is 0 Å². The van der Waals surface area contributed by atoms with Gasteiger partial charge in [0.15, 0.2) is 18.1 Å². The van der Waals surface area contributed by atoms with Crippen LogP contribution in [0.1, 0.15) is 11.1 Å². The standard InChI is InChI=1S/C17H16ClN3O6/c1-10-5-13(3-4-14(10)18)27-9-16(22)20-19-8-11-6-12(21(24)25)7-15(26-2)17(11)23/h3-8,23H,9H2,1-2H3,(H,20,22)/b19-8+. The lowest BCUT2D eigenvalue weighted by Gasteiger charge is -2.07. The van der Waals surface area contributed by atoms with Crippen molar-refractivity contribution in [3.05, 3.63) is 56.6 Å². The summed E-state index contributed by atoms with van der Waals surface area (Å²) in [6, 6.07) is 7.14. The number of ether oxygens (including phenoxy) is 2. The second kappa shape index (κ2) is 8.86. The number of methoxy groups -OCH3 is 1. The second-order valence-corrected chi connectivity index (χ2v) is 5.74. The molecule has 0 bridgehead atoms. The van der Waals surface area contributed by atoms with Gasteiger partial charge in [0, 0.05) is 16.7 Å². The number of nitrogens with one attached hydrogen (secondary N) is 1. The summed E-state index contributed by atoms with van der Waals surface area (Å²) in [7, 11) is 1.26. The van der Waals surface area contributed by atoms with Crippen LogP contribution in [0.4, 0.5) is 5.69 Å². The maximum Gasteiger partial charge on any atom is 0.277 e. The Morgan fingerprint density at radius 1 is 1.41 bits per heavy atom. The molecule has 0 unspecified atom stereocenters. The number of hydrazone groups is 1. The number of benzene rings is 2. The fourth-order valence-corrected chi connectivity index (χ4v) is 2.15. The van der Waals surface area contributed by atoms with Gasteiger partial charge in [-0.05, 0) is 30.7 Å². The van der Waals surface area contributed by atoms with Gasteiger partial charge in [0.2, 0.25) is 0 Å². The number of nitro benzene ring substituents is 1. The molecule has 0 aromatic heterocycles. The van der Waals surface area contributed by atoms with E-state index in [2.05, 4.69) is 10.5 Å². The fourth-order valence-electron chi connectivity index (χ4n) is 2.04. The summed E-state index contributed by atoms with van der Waals surface area (Å²) in [6.07, 6.45) is 1.06. The van der Waals surface area contributed by atoms with Gasteiger partial charge in [-0.25, -0.2) is 5.43 Å². The van der Waals surface area contributed by atoms with Crippen LogP contribution in [0, 0.1) is 17.0 Å². The van der Waals surface area contributed by atoms with Crippen molar-refractivity contribution in [1.29, 1.82) is 0 Å². The smallest absolute Gasteiger partial charge is 0.277 e. The predicted molar refractivity (Wildman–Crippen MR) is 98.7 cm³/mol. The van der Waals surface area contributed by atoms with Gasteiger partial charge in [-0.2, -0.15) is 5.10 Å². The molecule has 27 heavy (non-hydrogen) atoms. The molecule has 10 heteroatoms. The van der Waals surface area contributed by atoms with Crippen LogP contribution in [0.2, 0.25) is 5.02 Å². The lowest BCUT2D eigenvalue weighted by molar-refractivity contribution is -0.385. The molecule has 0 saturated heterocycles. The Morgan fingerprint density at radius 3 is 2.78 bits per heavy atom. The number of rotatable bonds is 7. The average Bonchev–Trinajstić information content (AvgIpc) is 2.63. The third-order valence-electron chi connectivity index (χ3n) is 3.41. The number of carbonyl (C=O) groups excluding carboxylic acids is 1. The number of hydrogen-bond acceptors (Lipinski definition) is 7. The number of carbonyl (C=O) groups is 1. The van der Waals surface area contributed by atoms with E-state index in [-0.39, 0.29) is 29.4 Å². The van der Waals surface area contributed by atoms with Crippen molar-refractivity contribution in [3.63, 3.8) is 0 Å². The molecule has 2 rings (SSSR count). The first kappa shape index (κ1) is 20.0. The van der Waals surface area contributed by atoms with E-state index in [0.717, 1.165) is 23.9 Å². The van der Waals surface area contributed by atoms with Crippen LogP contribution in [0.3, 0.4) is 0 Å². The summed E-state index contributed by atoms with van der Waals surface area (Å²) in [5.41, 5.74) is 2.72. The van der Waals surface area contributed by atoms with E-state index in [1.54, 1.807) is 25.1 Å². The van der Waals surface area contributed by atoms with Crippen molar-refractivity contribution in [2.75, 3.05) is 13.7 Å². The largest absolute Gasteiger partial charge is 0.504 e. The maximum atomic E-state index is 11.8. The van der Waals surface area contributed by atoms with Crippen molar-refractivity contribution in [1.82, 2.24) is 5.43 Å². The minimum atomic E-state index is -0.639. The highest BCUT2D eigenvalue weighted by Gasteiger charge is 2.15. The molecule has 0 aliphatic heterocycles. The highest BCUT2D eigenvalue weighted by atomic mass is 35.5. The molecular formula is C17H16ClN3O6. The number of nitrogens with zero attached hydrogens (tertiary/aromatic N) is 2. The van der Waals surface area contributed by atoms with Crippen molar-refractivity contribution >= 4 is 29.4 Å². The zero-order valence-electron chi connectivity index (χ0n) is 14.4. The summed E-state index contributed by atoms with van der Waals surface area (Å²) in [6.45, 7) is 1.50. The number of halogens is 1. The number of non-ortho nitro benzene ring substituents is 1. The Morgan fingerprint density at radius 2 is 2.15 bits per heavy atom. The Balaban J connectivity index is 2.00. The minimum absolute atomic E-state index is 0.00981. The van der Waals surface area contributed by atoms with Crippen molar-refractivity contribution in [2.24, 2.45) is 5.10 Å². The highest BCUT2D eigenvalue weighted by Crippen LogP contribution is 2.33. The van der Waals surface area contributed by atoms with Gasteiger partial charge in [-0.15, -0.1) is 0 Å². The molecule has 0 heterocycles. The van der Waals surface area contributed by atoms with Crippen LogP contribution < -0.4 is 14.9 Å². The van der Waals surface area contributed by atoms with E-state index in [1.165, 1.54) is 7.11 Å². The molecule has 0 radical (unpaired) electrons. The molecule has 9 nitrogen and oxygen atoms in total. The average molecular weight is 394 g/mol. The third kappa shape index (κ3) is 5.32. The normalized spacial score (nSPS) is 10.6. The second-order valence-electron chi connectivity index (χ2n) is 5.34. The van der Waals surface area contributed by atoms with Crippen LogP contribution in [-0.2, 0) is 4.79 Å². The molecule has 142 valence electrons. The molecule has 1 amide bonds. The first-order valence-electron chi connectivity index (χ1n) is 7.58. The molecule has 0 saturated carbocycles. The molecule has 2 aromatic rings. The molecule has 0 spiro atoms. The van der Waals surface area contributed by atoms with Gasteiger partial charge < -0.3 is 14.6 Å². The van der Waals surface area contributed by atoms with Crippen LogP contribution >= 0.6 is 11.6 Å². The minimum Gasteiger partial charge on any atom is -0.504 e. The van der Waals surface area contributed by atoms with Gasteiger partial charge in [-0.3, -0.25) is 14.9 Å². The van der Waals surface area contributed by atoms with Gasteiger partial charge in [-0.1, -0.05) is 11.6 Å². The Bertz CT molecular complexity index is 900. The van der Waals surface area contributed by atoms with E-state index >= 15 is 0 Å². The lowest BCUT2D eigenvalue weighted by atomic mass is 10.2. The number of hydrogen-bond donors (Lipinski definition) is 2. The first-order chi connectivity index (χ1) is 12.8. The molecular weight excluding hydrogens is 378 g/mol. The molecule has 0 atom stereocenters. The summed E-state index contributed by atoms with van der Waals surface area (Å²) in [5, 5.41) is 25.1. The lowest BCUT2D eigenvalue weighted by Crippen LogP contribution is -2.24. The van der Waals surface area contributed by atoms with Crippen LogP contribution in [0.15, 0.2) is 35.4 Å².